The van der Waals surface area contributed by atoms with Gasteiger partial charge in [-0.05, 0) is 62.4 Å². The van der Waals surface area contributed by atoms with Crippen LogP contribution in [-0.4, -0.2) is 16.7 Å². The maximum atomic E-state index is 12.2. The number of carbonyl (C=O) groups is 2. The topological polar surface area (TPSA) is 71.1 Å². The zero-order valence-electron chi connectivity index (χ0n) is 14.6. The molecule has 1 aromatic heterocycles. The molecule has 2 aromatic carbocycles. The lowest BCUT2D eigenvalue weighted by Gasteiger charge is -2.08. The summed E-state index contributed by atoms with van der Waals surface area (Å²) in [4.78, 5) is 27.8. The van der Waals surface area contributed by atoms with Crippen LogP contribution < -0.4 is 10.6 Å². The van der Waals surface area contributed by atoms with E-state index in [4.69, 9.17) is 0 Å². The van der Waals surface area contributed by atoms with Crippen molar-refractivity contribution in [2.24, 2.45) is 0 Å². The zero-order valence-corrected chi connectivity index (χ0v) is 14.6. The van der Waals surface area contributed by atoms with Crippen LogP contribution in [0.5, 0.6) is 0 Å². The predicted molar refractivity (Wildman–Crippen MR) is 103 cm³/mol. The minimum absolute atomic E-state index is 0.0309. The molecule has 0 spiro atoms. The molecule has 5 nitrogen and oxygen atoms in total. The van der Waals surface area contributed by atoms with Gasteiger partial charge in [0.2, 0.25) is 0 Å². The SMILES string of the molecule is CC(=O)c1ccc(Nc2ccc(NC(=O)c3ccc(C)cc3)cn2)cc1. The normalized spacial score (nSPS) is 10.2. The molecule has 0 aliphatic heterocycles. The number of rotatable bonds is 5. The minimum Gasteiger partial charge on any atom is -0.340 e. The fourth-order valence-corrected chi connectivity index (χ4v) is 2.39. The van der Waals surface area contributed by atoms with Crippen molar-refractivity contribution >= 4 is 28.9 Å². The summed E-state index contributed by atoms with van der Waals surface area (Å²) < 4.78 is 0. The summed E-state index contributed by atoms with van der Waals surface area (Å²) in [5.74, 6) is 0.504. The van der Waals surface area contributed by atoms with Crippen molar-refractivity contribution in [3.8, 4) is 0 Å². The van der Waals surface area contributed by atoms with Crippen molar-refractivity contribution < 1.29 is 9.59 Å². The Kier molecular flexibility index (Phi) is 5.08. The number of anilines is 3. The van der Waals surface area contributed by atoms with Gasteiger partial charge in [0.25, 0.3) is 5.91 Å². The van der Waals surface area contributed by atoms with Gasteiger partial charge in [0.1, 0.15) is 5.82 Å². The molecule has 0 bridgehead atoms. The Labute approximate surface area is 152 Å². The standard InChI is InChI=1S/C21H19N3O2/c1-14-3-5-17(6-4-14)21(26)24-19-11-12-20(22-13-19)23-18-9-7-16(8-10-18)15(2)25/h3-13H,1-2H3,(H,22,23)(H,24,26). The van der Waals surface area contributed by atoms with Crippen LogP contribution in [0, 0.1) is 6.92 Å². The second-order valence-electron chi connectivity index (χ2n) is 6.01. The Bertz CT molecular complexity index is 915. The molecular formula is C21H19N3O2. The molecule has 2 N–H and O–H groups in total. The second-order valence-corrected chi connectivity index (χ2v) is 6.01. The molecule has 1 amide bonds. The molecule has 3 aromatic rings. The highest BCUT2D eigenvalue weighted by atomic mass is 16.1. The lowest BCUT2D eigenvalue weighted by Crippen LogP contribution is -2.12. The third kappa shape index (κ3) is 4.33. The van der Waals surface area contributed by atoms with Gasteiger partial charge in [0.15, 0.2) is 5.78 Å². The van der Waals surface area contributed by atoms with Crippen molar-refractivity contribution in [2.45, 2.75) is 13.8 Å². The van der Waals surface area contributed by atoms with E-state index in [1.807, 2.05) is 31.2 Å². The van der Waals surface area contributed by atoms with E-state index in [0.29, 0.717) is 22.6 Å². The monoisotopic (exact) mass is 345 g/mol. The lowest BCUT2D eigenvalue weighted by molar-refractivity contribution is 0.101. The average molecular weight is 345 g/mol. The van der Waals surface area contributed by atoms with Crippen molar-refractivity contribution in [1.29, 1.82) is 0 Å². The minimum atomic E-state index is -0.174. The number of hydrogen-bond donors (Lipinski definition) is 2. The second kappa shape index (κ2) is 7.61. The van der Waals surface area contributed by atoms with E-state index < -0.39 is 0 Å². The van der Waals surface area contributed by atoms with Gasteiger partial charge in [0.05, 0.1) is 11.9 Å². The molecule has 0 unspecified atom stereocenters. The van der Waals surface area contributed by atoms with Gasteiger partial charge >= 0.3 is 0 Å². The highest BCUT2D eigenvalue weighted by molar-refractivity contribution is 6.04. The molecule has 1 heterocycles. The number of nitrogens with zero attached hydrogens (tertiary/aromatic N) is 1. The summed E-state index contributed by atoms with van der Waals surface area (Å²) in [6, 6.07) is 18.1. The first-order valence-electron chi connectivity index (χ1n) is 8.23. The number of Topliss-reactive ketones (excluding diaryl/α,β-unsaturated/α-hetero) is 1. The van der Waals surface area contributed by atoms with Gasteiger partial charge in [-0.25, -0.2) is 4.98 Å². The van der Waals surface area contributed by atoms with E-state index in [1.54, 1.807) is 42.6 Å². The largest absolute Gasteiger partial charge is 0.340 e. The van der Waals surface area contributed by atoms with Gasteiger partial charge in [-0.15, -0.1) is 0 Å². The Hall–Kier alpha value is -3.47. The van der Waals surface area contributed by atoms with E-state index in [1.165, 1.54) is 6.92 Å². The van der Waals surface area contributed by atoms with E-state index in [2.05, 4.69) is 15.6 Å². The Morgan fingerprint density at radius 2 is 1.42 bits per heavy atom. The third-order valence-corrected chi connectivity index (χ3v) is 3.90. The lowest BCUT2D eigenvalue weighted by atomic mass is 10.1. The number of carbonyl (C=O) groups excluding carboxylic acids is 2. The molecule has 0 saturated heterocycles. The van der Waals surface area contributed by atoms with Crippen LogP contribution in [-0.2, 0) is 0 Å². The van der Waals surface area contributed by atoms with Crippen LogP contribution in [0.15, 0.2) is 66.9 Å². The number of ketones is 1. The summed E-state index contributed by atoms with van der Waals surface area (Å²) in [7, 11) is 0. The number of aryl methyl sites for hydroxylation is 1. The van der Waals surface area contributed by atoms with Gasteiger partial charge in [-0.2, -0.15) is 0 Å². The Morgan fingerprint density at radius 1 is 0.808 bits per heavy atom. The maximum Gasteiger partial charge on any atom is 0.255 e. The number of benzene rings is 2. The van der Waals surface area contributed by atoms with Crippen LogP contribution in [0.25, 0.3) is 0 Å². The van der Waals surface area contributed by atoms with Crippen molar-refractivity contribution in [3.05, 3.63) is 83.6 Å². The number of aromatic nitrogens is 1. The molecule has 3 rings (SSSR count). The first kappa shape index (κ1) is 17.4. The molecule has 0 fully saturated rings. The van der Waals surface area contributed by atoms with Crippen molar-refractivity contribution in [1.82, 2.24) is 4.98 Å². The number of hydrogen-bond acceptors (Lipinski definition) is 4. The van der Waals surface area contributed by atoms with Crippen molar-refractivity contribution in [3.63, 3.8) is 0 Å². The van der Waals surface area contributed by atoms with Crippen LogP contribution in [0.4, 0.5) is 17.2 Å². The van der Waals surface area contributed by atoms with Crippen LogP contribution in [0.1, 0.15) is 33.2 Å². The summed E-state index contributed by atoms with van der Waals surface area (Å²) >= 11 is 0. The smallest absolute Gasteiger partial charge is 0.255 e. The highest BCUT2D eigenvalue weighted by Gasteiger charge is 2.06. The zero-order chi connectivity index (χ0) is 18.5. The Morgan fingerprint density at radius 3 is 2.00 bits per heavy atom. The molecule has 5 heteroatoms. The molecule has 0 aliphatic carbocycles. The average Bonchev–Trinajstić information content (AvgIpc) is 2.64. The maximum absolute atomic E-state index is 12.2. The summed E-state index contributed by atoms with van der Waals surface area (Å²) in [6.45, 7) is 3.51. The quantitative estimate of drug-likeness (QED) is 0.664. The third-order valence-electron chi connectivity index (χ3n) is 3.90. The number of nitrogens with one attached hydrogen (secondary N) is 2. The first-order valence-corrected chi connectivity index (χ1v) is 8.23. The number of amides is 1. The molecule has 0 saturated carbocycles. The summed E-state index contributed by atoms with van der Waals surface area (Å²) in [5, 5.41) is 5.98. The van der Waals surface area contributed by atoms with Crippen LogP contribution >= 0.6 is 0 Å². The highest BCUT2D eigenvalue weighted by Crippen LogP contribution is 2.17. The molecular weight excluding hydrogens is 326 g/mol. The van der Waals surface area contributed by atoms with E-state index in [-0.39, 0.29) is 11.7 Å². The first-order chi connectivity index (χ1) is 12.5. The van der Waals surface area contributed by atoms with E-state index >= 15 is 0 Å². The summed E-state index contributed by atoms with van der Waals surface area (Å²) in [6.07, 6.45) is 1.60. The van der Waals surface area contributed by atoms with Crippen LogP contribution in [0.3, 0.4) is 0 Å². The van der Waals surface area contributed by atoms with Gasteiger partial charge < -0.3 is 10.6 Å². The van der Waals surface area contributed by atoms with Gasteiger partial charge in [0, 0.05) is 16.8 Å². The van der Waals surface area contributed by atoms with Gasteiger partial charge in [-0.3, -0.25) is 9.59 Å². The Balaban J connectivity index is 1.63. The van der Waals surface area contributed by atoms with Crippen molar-refractivity contribution in [2.75, 3.05) is 10.6 Å². The van der Waals surface area contributed by atoms with E-state index in [9.17, 15) is 9.59 Å². The number of pyridine rings is 1. The molecule has 0 radical (unpaired) electrons. The fourth-order valence-electron chi connectivity index (χ4n) is 2.39. The molecule has 0 aliphatic rings. The molecule has 130 valence electrons. The van der Waals surface area contributed by atoms with E-state index in [0.717, 1.165) is 11.3 Å². The molecule has 0 atom stereocenters. The molecule has 26 heavy (non-hydrogen) atoms. The summed E-state index contributed by atoms with van der Waals surface area (Å²) in [5.41, 5.74) is 3.82. The van der Waals surface area contributed by atoms with Crippen LogP contribution in [0.2, 0.25) is 0 Å². The predicted octanol–water partition coefficient (Wildman–Crippen LogP) is 4.59. The fraction of sp³-hybridized carbons (Fsp3) is 0.0952. The van der Waals surface area contributed by atoms with Gasteiger partial charge in [-0.1, -0.05) is 17.7 Å².